The van der Waals surface area contributed by atoms with E-state index in [2.05, 4.69) is 30.8 Å². The number of nitrogens with zero attached hydrogens (tertiary/aromatic N) is 2. The van der Waals surface area contributed by atoms with Gasteiger partial charge >= 0.3 is 0 Å². The molecule has 1 saturated heterocycles. The molecular weight excluding hydrogens is 160 g/mol. The Labute approximate surface area is 82.9 Å². The van der Waals surface area contributed by atoms with Crippen molar-refractivity contribution in [2.24, 2.45) is 0 Å². The van der Waals surface area contributed by atoms with Gasteiger partial charge in [-0.25, -0.2) is 0 Å². The first-order valence-corrected chi connectivity index (χ1v) is 5.62. The van der Waals surface area contributed by atoms with Gasteiger partial charge in [0.1, 0.15) is 0 Å². The highest BCUT2D eigenvalue weighted by Crippen LogP contribution is 2.16. The van der Waals surface area contributed by atoms with E-state index in [1.54, 1.807) is 0 Å². The van der Waals surface area contributed by atoms with Crippen LogP contribution in [-0.4, -0.2) is 49.6 Å². The van der Waals surface area contributed by atoms with Gasteiger partial charge in [0.25, 0.3) is 0 Å². The van der Waals surface area contributed by atoms with Crippen molar-refractivity contribution >= 4 is 0 Å². The van der Waals surface area contributed by atoms with Crippen LogP contribution in [0.2, 0.25) is 0 Å². The van der Waals surface area contributed by atoms with Crippen molar-refractivity contribution in [3.05, 3.63) is 0 Å². The van der Waals surface area contributed by atoms with Gasteiger partial charge in [-0.3, -0.25) is 0 Å². The van der Waals surface area contributed by atoms with E-state index < -0.39 is 0 Å². The second-order valence-corrected chi connectivity index (χ2v) is 4.40. The van der Waals surface area contributed by atoms with E-state index in [1.807, 2.05) is 0 Å². The Hall–Kier alpha value is -0.0800. The molecule has 1 atom stereocenters. The summed E-state index contributed by atoms with van der Waals surface area (Å²) in [6, 6.07) is 0.838. The molecule has 13 heavy (non-hydrogen) atoms. The lowest BCUT2D eigenvalue weighted by Crippen LogP contribution is -2.34. The molecule has 78 valence electrons. The topological polar surface area (TPSA) is 6.48 Å². The fourth-order valence-electron chi connectivity index (χ4n) is 2.16. The first-order chi connectivity index (χ1) is 6.24. The molecule has 1 unspecified atom stereocenters. The van der Waals surface area contributed by atoms with Crippen LogP contribution in [0, 0.1) is 0 Å². The van der Waals surface area contributed by atoms with Gasteiger partial charge in [0.2, 0.25) is 0 Å². The summed E-state index contributed by atoms with van der Waals surface area (Å²) in [5, 5.41) is 0. The van der Waals surface area contributed by atoms with Gasteiger partial charge in [-0.2, -0.15) is 0 Å². The molecular formula is C11H24N2. The van der Waals surface area contributed by atoms with Gasteiger partial charge < -0.3 is 9.80 Å². The molecule has 1 aliphatic heterocycles. The van der Waals surface area contributed by atoms with E-state index in [4.69, 9.17) is 0 Å². The Morgan fingerprint density at radius 2 is 1.85 bits per heavy atom. The van der Waals surface area contributed by atoms with Gasteiger partial charge in [0, 0.05) is 6.04 Å². The molecule has 0 bridgehead atoms. The highest BCUT2D eigenvalue weighted by molar-refractivity contribution is 4.75. The van der Waals surface area contributed by atoms with Gasteiger partial charge in [-0.1, -0.05) is 6.92 Å². The zero-order chi connectivity index (χ0) is 9.68. The second kappa shape index (κ2) is 5.61. The number of hydrogen-bond acceptors (Lipinski definition) is 2. The van der Waals surface area contributed by atoms with Crippen LogP contribution in [0.3, 0.4) is 0 Å². The molecule has 0 aromatic carbocycles. The molecule has 1 aliphatic rings. The summed E-state index contributed by atoms with van der Waals surface area (Å²) in [7, 11) is 4.33. The lowest BCUT2D eigenvalue weighted by molar-refractivity contribution is 0.207. The van der Waals surface area contributed by atoms with Gasteiger partial charge in [0.15, 0.2) is 0 Å². The predicted molar refractivity (Wildman–Crippen MR) is 58.1 cm³/mol. The summed E-state index contributed by atoms with van der Waals surface area (Å²) in [4.78, 5) is 4.96. The smallest absolute Gasteiger partial charge is 0.0105 e. The summed E-state index contributed by atoms with van der Waals surface area (Å²) in [6.45, 7) is 6.23. The summed E-state index contributed by atoms with van der Waals surface area (Å²) in [5.41, 5.74) is 0. The summed E-state index contributed by atoms with van der Waals surface area (Å²) >= 11 is 0. The van der Waals surface area contributed by atoms with Crippen LogP contribution < -0.4 is 0 Å². The third kappa shape index (κ3) is 3.65. The summed E-state index contributed by atoms with van der Waals surface area (Å²) in [6.07, 6.45) is 5.48. The summed E-state index contributed by atoms with van der Waals surface area (Å²) in [5.74, 6) is 0. The minimum absolute atomic E-state index is 0.838. The Bertz CT molecular complexity index is 128. The van der Waals surface area contributed by atoms with E-state index >= 15 is 0 Å². The first kappa shape index (κ1) is 11.0. The number of rotatable bonds is 5. The highest BCUT2D eigenvalue weighted by Gasteiger charge is 2.19. The van der Waals surface area contributed by atoms with Crippen LogP contribution in [0.15, 0.2) is 0 Å². The maximum absolute atomic E-state index is 2.67. The second-order valence-electron chi connectivity index (χ2n) is 4.40. The fourth-order valence-corrected chi connectivity index (χ4v) is 2.16. The molecule has 0 amide bonds. The number of hydrogen-bond donors (Lipinski definition) is 0. The molecule has 1 heterocycles. The van der Waals surface area contributed by atoms with Crippen LogP contribution in [-0.2, 0) is 0 Å². The molecule has 0 aromatic rings. The van der Waals surface area contributed by atoms with Gasteiger partial charge in [-0.15, -0.1) is 0 Å². The quantitative estimate of drug-likeness (QED) is 0.643. The van der Waals surface area contributed by atoms with Crippen LogP contribution in [0.25, 0.3) is 0 Å². The SMILES string of the molecule is CCC(CCN(C)C)N1CCCC1. The largest absolute Gasteiger partial charge is 0.309 e. The monoisotopic (exact) mass is 184 g/mol. The molecule has 0 aliphatic carbocycles. The molecule has 0 aromatic heterocycles. The van der Waals surface area contributed by atoms with E-state index in [-0.39, 0.29) is 0 Å². The third-order valence-electron chi connectivity index (χ3n) is 3.04. The van der Waals surface area contributed by atoms with Crippen LogP contribution in [0.4, 0.5) is 0 Å². The Balaban J connectivity index is 2.24. The lowest BCUT2D eigenvalue weighted by atomic mass is 10.1. The summed E-state index contributed by atoms with van der Waals surface area (Å²) < 4.78 is 0. The van der Waals surface area contributed by atoms with Crippen molar-refractivity contribution in [2.45, 2.75) is 38.6 Å². The van der Waals surface area contributed by atoms with Crippen LogP contribution >= 0.6 is 0 Å². The van der Waals surface area contributed by atoms with E-state index in [9.17, 15) is 0 Å². The molecule has 0 N–H and O–H groups in total. The third-order valence-corrected chi connectivity index (χ3v) is 3.04. The Morgan fingerprint density at radius 3 is 2.31 bits per heavy atom. The molecule has 0 radical (unpaired) electrons. The van der Waals surface area contributed by atoms with Crippen molar-refractivity contribution in [3.63, 3.8) is 0 Å². The number of likely N-dealkylation sites (tertiary alicyclic amines) is 1. The van der Waals surface area contributed by atoms with Gasteiger partial charge in [-0.05, 0) is 59.4 Å². The molecule has 1 fully saturated rings. The van der Waals surface area contributed by atoms with Crippen LogP contribution in [0.1, 0.15) is 32.6 Å². The van der Waals surface area contributed by atoms with E-state index in [1.165, 1.54) is 45.3 Å². The maximum atomic E-state index is 2.67. The van der Waals surface area contributed by atoms with Crippen molar-refractivity contribution < 1.29 is 0 Å². The average Bonchev–Trinajstić information content (AvgIpc) is 2.58. The van der Waals surface area contributed by atoms with Crippen molar-refractivity contribution in [3.8, 4) is 0 Å². The van der Waals surface area contributed by atoms with Crippen molar-refractivity contribution in [2.75, 3.05) is 33.7 Å². The normalized spacial score (nSPS) is 21.2. The zero-order valence-electron chi connectivity index (χ0n) is 9.42. The zero-order valence-corrected chi connectivity index (χ0v) is 9.42. The fraction of sp³-hybridized carbons (Fsp3) is 1.00. The van der Waals surface area contributed by atoms with E-state index in [0.29, 0.717) is 0 Å². The minimum Gasteiger partial charge on any atom is -0.309 e. The molecule has 2 nitrogen and oxygen atoms in total. The van der Waals surface area contributed by atoms with E-state index in [0.717, 1.165) is 6.04 Å². The Kier molecular flexibility index (Phi) is 4.74. The van der Waals surface area contributed by atoms with Crippen LogP contribution in [0.5, 0.6) is 0 Å². The maximum Gasteiger partial charge on any atom is 0.0105 e. The lowest BCUT2D eigenvalue weighted by Gasteiger charge is -2.27. The predicted octanol–water partition coefficient (Wildman–Crippen LogP) is 1.81. The van der Waals surface area contributed by atoms with Crippen molar-refractivity contribution in [1.29, 1.82) is 0 Å². The minimum atomic E-state index is 0.838. The van der Waals surface area contributed by atoms with Crippen molar-refractivity contribution in [1.82, 2.24) is 9.80 Å². The standard InChI is InChI=1S/C11H24N2/c1-4-11(7-10-12(2)3)13-8-5-6-9-13/h11H,4-10H2,1-3H3. The average molecular weight is 184 g/mol. The molecule has 0 saturated carbocycles. The molecule has 0 spiro atoms. The highest BCUT2D eigenvalue weighted by atomic mass is 15.2. The molecule has 1 rings (SSSR count). The molecule has 2 heteroatoms. The van der Waals surface area contributed by atoms with Gasteiger partial charge in [0.05, 0.1) is 0 Å². The Morgan fingerprint density at radius 1 is 1.23 bits per heavy atom. The first-order valence-electron chi connectivity index (χ1n) is 5.62.